The molecule has 2 aromatic carbocycles. The summed E-state index contributed by atoms with van der Waals surface area (Å²) in [6.07, 6.45) is 6.91. The third kappa shape index (κ3) is 2.90. The van der Waals surface area contributed by atoms with Crippen LogP contribution in [0.15, 0.2) is 30.3 Å². The summed E-state index contributed by atoms with van der Waals surface area (Å²) in [6, 6.07) is 9.88. The average molecular weight is 368 g/mol. The second-order valence-electron chi connectivity index (χ2n) is 7.09. The van der Waals surface area contributed by atoms with E-state index in [1.807, 2.05) is 37.3 Å². The molecule has 0 radical (unpaired) electrons. The summed E-state index contributed by atoms with van der Waals surface area (Å²) in [7, 11) is 1.72. The fraction of sp³-hybridized carbons (Fsp3) is 0.318. The fourth-order valence-corrected chi connectivity index (χ4v) is 4.30. The number of hydrogen-bond acceptors (Lipinski definition) is 2. The topological polar surface area (TPSA) is 38.3 Å². The third-order valence-electron chi connectivity index (χ3n) is 5.52. The molecule has 0 unspecified atom stereocenters. The van der Waals surface area contributed by atoms with Crippen LogP contribution >= 0.6 is 11.6 Å². The number of carbonyl (C=O) groups is 1. The van der Waals surface area contributed by atoms with Crippen molar-refractivity contribution in [2.45, 2.75) is 38.5 Å². The van der Waals surface area contributed by atoms with E-state index < -0.39 is 0 Å². The molecule has 1 amide bonds. The Morgan fingerprint density at radius 1 is 1.19 bits per heavy atom. The van der Waals surface area contributed by atoms with Gasteiger partial charge in [-0.3, -0.25) is 4.79 Å². The SMILES string of the molecule is COc1ccc(/C=C2/C(=O)Nc3ccc(Cl)c(C)c32)cc1C1CCCC1. The van der Waals surface area contributed by atoms with Gasteiger partial charge in [-0.25, -0.2) is 0 Å². The molecular weight excluding hydrogens is 346 g/mol. The zero-order chi connectivity index (χ0) is 18.3. The second kappa shape index (κ2) is 6.81. The van der Waals surface area contributed by atoms with Crippen LogP contribution in [0, 0.1) is 6.92 Å². The van der Waals surface area contributed by atoms with Gasteiger partial charge in [-0.2, -0.15) is 0 Å². The monoisotopic (exact) mass is 367 g/mol. The molecule has 1 heterocycles. The van der Waals surface area contributed by atoms with Crippen molar-refractivity contribution in [1.29, 1.82) is 0 Å². The van der Waals surface area contributed by atoms with Crippen molar-refractivity contribution in [2.24, 2.45) is 0 Å². The lowest BCUT2D eigenvalue weighted by atomic mass is 9.93. The molecule has 4 heteroatoms. The third-order valence-corrected chi connectivity index (χ3v) is 5.93. The number of anilines is 1. The predicted molar refractivity (Wildman–Crippen MR) is 107 cm³/mol. The van der Waals surface area contributed by atoms with Crippen molar-refractivity contribution in [2.75, 3.05) is 12.4 Å². The summed E-state index contributed by atoms with van der Waals surface area (Å²) >= 11 is 6.28. The van der Waals surface area contributed by atoms with E-state index in [1.54, 1.807) is 7.11 Å². The average Bonchev–Trinajstić information content (AvgIpc) is 3.27. The van der Waals surface area contributed by atoms with Gasteiger partial charge in [-0.05, 0) is 72.7 Å². The van der Waals surface area contributed by atoms with Crippen molar-refractivity contribution in [3.8, 4) is 5.75 Å². The molecule has 134 valence electrons. The molecule has 26 heavy (non-hydrogen) atoms. The van der Waals surface area contributed by atoms with Gasteiger partial charge >= 0.3 is 0 Å². The summed E-state index contributed by atoms with van der Waals surface area (Å²) < 4.78 is 5.58. The molecule has 2 aromatic rings. The fourth-order valence-electron chi connectivity index (χ4n) is 4.14. The molecule has 0 saturated heterocycles. The maximum absolute atomic E-state index is 12.5. The van der Waals surface area contributed by atoms with Crippen LogP contribution in [0.2, 0.25) is 5.02 Å². The summed E-state index contributed by atoms with van der Waals surface area (Å²) in [4.78, 5) is 12.5. The van der Waals surface area contributed by atoms with Crippen molar-refractivity contribution in [3.05, 3.63) is 57.6 Å². The lowest BCUT2D eigenvalue weighted by Crippen LogP contribution is -2.04. The Morgan fingerprint density at radius 2 is 1.96 bits per heavy atom. The van der Waals surface area contributed by atoms with Gasteiger partial charge in [0.2, 0.25) is 0 Å². The van der Waals surface area contributed by atoms with E-state index in [1.165, 1.54) is 31.2 Å². The Balaban J connectivity index is 1.79. The molecule has 3 nitrogen and oxygen atoms in total. The van der Waals surface area contributed by atoms with E-state index >= 15 is 0 Å². The number of rotatable bonds is 3. The lowest BCUT2D eigenvalue weighted by Gasteiger charge is -2.15. The number of nitrogens with one attached hydrogen (secondary N) is 1. The van der Waals surface area contributed by atoms with E-state index in [0.717, 1.165) is 28.1 Å². The van der Waals surface area contributed by atoms with Crippen LogP contribution in [0.5, 0.6) is 5.75 Å². The number of halogens is 1. The standard InChI is InChI=1S/C22H22ClNO2/c1-13-18(23)8-9-19-21(13)17(22(25)24-19)12-14-7-10-20(26-2)16(11-14)15-5-3-4-6-15/h7-12,15H,3-6H2,1-2H3,(H,24,25)/b17-12+. The Bertz CT molecular complexity index is 911. The van der Waals surface area contributed by atoms with Crippen LogP contribution in [0.4, 0.5) is 5.69 Å². The maximum Gasteiger partial charge on any atom is 0.256 e. The normalized spacial score (nSPS) is 18.3. The van der Waals surface area contributed by atoms with E-state index in [-0.39, 0.29) is 5.91 Å². The summed E-state index contributed by atoms with van der Waals surface area (Å²) in [5, 5.41) is 3.61. The molecule has 1 N–H and O–H groups in total. The molecule has 1 fully saturated rings. The highest BCUT2D eigenvalue weighted by atomic mass is 35.5. The molecule has 0 bridgehead atoms. The highest BCUT2D eigenvalue weighted by Crippen LogP contribution is 2.41. The first-order valence-corrected chi connectivity index (χ1v) is 9.46. The first-order chi connectivity index (χ1) is 12.6. The molecular formula is C22H22ClNO2. The zero-order valence-electron chi connectivity index (χ0n) is 15.1. The predicted octanol–water partition coefficient (Wildman–Crippen LogP) is 5.81. The van der Waals surface area contributed by atoms with Gasteiger partial charge < -0.3 is 10.1 Å². The Kier molecular flexibility index (Phi) is 4.49. The summed E-state index contributed by atoms with van der Waals surface area (Å²) in [6.45, 7) is 1.95. The molecule has 0 spiro atoms. The van der Waals surface area contributed by atoms with Crippen molar-refractivity contribution in [3.63, 3.8) is 0 Å². The summed E-state index contributed by atoms with van der Waals surface area (Å²) in [5.74, 6) is 1.40. The van der Waals surface area contributed by atoms with Crippen molar-refractivity contribution >= 4 is 34.8 Å². The van der Waals surface area contributed by atoms with Crippen molar-refractivity contribution in [1.82, 2.24) is 0 Å². The van der Waals surface area contributed by atoms with Crippen LogP contribution < -0.4 is 10.1 Å². The number of hydrogen-bond donors (Lipinski definition) is 1. The number of benzene rings is 2. The first-order valence-electron chi connectivity index (χ1n) is 9.09. The van der Waals surface area contributed by atoms with Gasteiger partial charge in [0.05, 0.1) is 7.11 Å². The van der Waals surface area contributed by atoms with Crippen molar-refractivity contribution < 1.29 is 9.53 Å². The van der Waals surface area contributed by atoms with Gasteiger partial charge in [-0.1, -0.05) is 30.5 Å². The van der Waals surface area contributed by atoms with Crippen LogP contribution in [0.25, 0.3) is 11.6 Å². The van der Waals surface area contributed by atoms with E-state index in [0.29, 0.717) is 16.5 Å². The Morgan fingerprint density at radius 3 is 2.69 bits per heavy atom. The zero-order valence-corrected chi connectivity index (χ0v) is 15.8. The number of amides is 1. The largest absolute Gasteiger partial charge is 0.496 e. The highest BCUT2D eigenvalue weighted by molar-refractivity contribution is 6.37. The molecule has 1 aliphatic carbocycles. The van der Waals surface area contributed by atoms with Gasteiger partial charge in [0, 0.05) is 21.8 Å². The van der Waals surface area contributed by atoms with Crippen LogP contribution in [0.1, 0.15) is 53.9 Å². The number of ether oxygens (including phenoxy) is 1. The minimum atomic E-state index is -0.0800. The van der Waals surface area contributed by atoms with Gasteiger partial charge in [0.25, 0.3) is 5.91 Å². The lowest BCUT2D eigenvalue weighted by molar-refractivity contribution is -0.110. The van der Waals surface area contributed by atoms with Gasteiger partial charge in [0.15, 0.2) is 0 Å². The van der Waals surface area contributed by atoms with E-state index in [2.05, 4.69) is 11.4 Å². The van der Waals surface area contributed by atoms with Gasteiger partial charge in [-0.15, -0.1) is 0 Å². The highest BCUT2D eigenvalue weighted by Gasteiger charge is 2.27. The summed E-state index contributed by atoms with van der Waals surface area (Å²) in [5.41, 5.74) is 5.60. The molecule has 2 aliphatic rings. The first kappa shape index (κ1) is 17.2. The quantitative estimate of drug-likeness (QED) is 0.695. The minimum absolute atomic E-state index is 0.0800. The number of fused-ring (bicyclic) bond motifs is 1. The van der Waals surface area contributed by atoms with E-state index in [9.17, 15) is 4.79 Å². The molecule has 4 rings (SSSR count). The number of methoxy groups -OCH3 is 1. The Labute approximate surface area is 159 Å². The molecule has 0 aromatic heterocycles. The smallest absolute Gasteiger partial charge is 0.256 e. The maximum atomic E-state index is 12.5. The molecule has 0 atom stereocenters. The molecule has 1 saturated carbocycles. The van der Waals surface area contributed by atoms with Gasteiger partial charge in [0.1, 0.15) is 5.75 Å². The molecule has 1 aliphatic heterocycles. The van der Waals surface area contributed by atoms with Crippen LogP contribution in [-0.2, 0) is 4.79 Å². The van der Waals surface area contributed by atoms with Crippen LogP contribution in [0.3, 0.4) is 0 Å². The second-order valence-corrected chi connectivity index (χ2v) is 7.50. The van der Waals surface area contributed by atoms with E-state index in [4.69, 9.17) is 16.3 Å². The Hall–Kier alpha value is -2.26. The van der Waals surface area contributed by atoms with Crippen LogP contribution in [-0.4, -0.2) is 13.0 Å². The number of carbonyl (C=O) groups excluding carboxylic acids is 1. The minimum Gasteiger partial charge on any atom is -0.496 e.